The molecule has 3 nitrogen and oxygen atoms in total. The molecule has 1 aromatic heterocycles. The third-order valence-electron chi connectivity index (χ3n) is 4.66. The Hall–Kier alpha value is -0.480. The van der Waals surface area contributed by atoms with Crippen molar-refractivity contribution in [1.29, 1.82) is 0 Å². The molecule has 0 amide bonds. The summed E-state index contributed by atoms with van der Waals surface area (Å²) in [5.41, 5.74) is 1.22. The second kappa shape index (κ2) is 8.84. The highest BCUT2D eigenvalue weighted by Crippen LogP contribution is 2.28. The minimum absolute atomic E-state index is 0.503. The molecule has 0 spiro atoms. The molecule has 1 heterocycles. The molecule has 0 aromatic carbocycles. The third kappa shape index (κ3) is 5.33. The largest absolute Gasteiger partial charge is 0.316 e. The second-order valence-corrected chi connectivity index (χ2v) is 7.66. The van der Waals surface area contributed by atoms with Crippen LogP contribution in [0.4, 0.5) is 0 Å². The molecule has 1 N–H and O–H groups in total. The van der Waals surface area contributed by atoms with E-state index in [1.54, 1.807) is 0 Å². The summed E-state index contributed by atoms with van der Waals surface area (Å²) >= 11 is 2.17. The number of rotatable bonds is 8. The van der Waals surface area contributed by atoms with Gasteiger partial charge < -0.3 is 5.32 Å². The summed E-state index contributed by atoms with van der Waals surface area (Å²) in [6.07, 6.45) is 11.5. The third-order valence-corrected chi connectivity index (χ3v) is 6.19. The average Bonchev–Trinajstić information content (AvgIpc) is 3.00. The van der Waals surface area contributed by atoms with E-state index >= 15 is 0 Å². The fourth-order valence-corrected chi connectivity index (χ4v) is 4.36. The summed E-state index contributed by atoms with van der Waals surface area (Å²) in [4.78, 5) is 0. The standard InChI is InChI=1S/C17H31N3S/c1-4-14(2)20-11-10-15(19-20)12-16(18-3)13-21-17-8-6-5-7-9-17/h10-11,14,16-18H,4-9,12-13H2,1-3H3. The number of hydrogen-bond donors (Lipinski definition) is 1. The van der Waals surface area contributed by atoms with Crippen LogP contribution in [-0.2, 0) is 6.42 Å². The van der Waals surface area contributed by atoms with E-state index in [0.717, 1.165) is 18.1 Å². The summed E-state index contributed by atoms with van der Waals surface area (Å²) < 4.78 is 2.11. The van der Waals surface area contributed by atoms with Gasteiger partial charge in [0, 0.05) is 35.7 Å². The van der Waals surface area contributed by atoms with Gasteiger partial charge in [-0.1, -0.05) is 26.2 Å². The molecule has 120 valence electrons. The number of hydrogen-bond acceptors (Lipinski definition) is 3. The normalized spacial score (nSPS) is 19.6. The van der Waals surface area contributed by atoms with E-state index in [0.29, 0.717) is 12.1 Å². The number of aromatic nitrogens is 2. The van der Waals surface area contributed by atoms with Crippen LogP contribution in [0.1, 0.15) is 64.1 Å². The van der Waals surface area contributed by atoms with Crippen molar-refractivity contribution in [3.8, 4) is 0 Å². The molecule has 1 fully saturated rings. The van der Waals surface area contributed by atoms with Crippen molar-refractivity contribution in [2.75, 3.05) is 12.8 Å². The van der Waals surface area contributed by atoms with Crippen molar-refractivity contribution in [3.63, 3.8) is 0 Å². The van der Waals surface area contributed by atoms with Gasteiger partial charge in [-0.3, -0.25) is 4.68 Å². The molecule has 1 aliphatic carbocycles. The van der Waals surface area contributed by atoms with E-state index in [4.69, 9.17) is 5.10 Å². The topological polar surface area (TPSA) is 29.9 Å². The van der Waals surface area contributed by atoms with Gasteiger partial charge in [0.05, 0.1) is 5.69 Å². The first kappa shape index (κ1) is 16.9. The van der Waals surface area contributed by atoms with Crippen molar-refractivity contribution in [2.45, 2.75) is 76.1 Å². The monoisotopic (exact) mass is 309 g/mol. The number of nitrogens with one attached hydrogen (secondary N) is 1. The van der Waals surface area contributed by atoms with Crippen LogP contribution >= 0.6 is 11.8 Å². The predicted octanol–water partition coefficient (Wildman–Crippen LogP) is 4.05. The first-order valence-electron chi connectivity index (χ1n) is 8.55. The average molecular weight is 310 g/mol. The summed E-state index contributed by atoms with van der Waals surface area (Å²) in [7, 11) is 2.08. The van der Waals surface area contributed by atoms with Gasteiger partial charge in [-0.2, -0.15) is 16.9 Å². The summed E-state index contributed by atoms with van der Waals surface area (Å²) in [6, 6.07) is 3.22. The molecular formula is C17H31N3S. The molecule has 0 saturated heterocycles. The van der Waals surface area contributed by atoms with Gasteiger partial charge in [-0.15, -0.1) is 0 Å². The lowest BCUT2D eigenvalue weighted by molar-refractivity contribution is 0.470. The van der Waals surface area contributed by atoms with E-state index in [-0.39, 0.29) is 0 Å². The number of nitrogens with zero attached hydrogens (tertiary/aromatic N) is 2. The lowest BCUT2D eigenvalue weighted by Gasteiger charge is -2.23. The van der Waals surface area contributed by atoms with E-state index in [1.165, 1.54) is 43.6 Å². The maximum absolute atomic E-state index is 4.73. The second-order valence-electron chi connectivity index (χ2n) is 6.33. The molecule has 4 heteroatoms. The molecule has 2 unspecified atom stereocenters. The van der Waals surface area contributed by atoms with Crippen LogP contribution in [0.15, 0.2) is 12.3 Å². The van der Waals surface area contributed by atoms with Gasteiger partial charge in [0.2, 0.25) is 0 Å². The van der Waals surface area contributed by atoms with Crippen molar-refractivity contribution in [1.82, 2.24) is 15.1 Å². The molecule has 1 saturated carbocycles. The van der Waals surface area contributed by atoms with Crippen LogP contribution in [-0.4, -0.2) is 33.9 Å². The van der Waals surface area contributed by atoms with E-state index < -0.39 is 0 Å². The first-order valence-corrected chi connectivity index (χ1v) is 9.60. The molecule has 2 atom stereocenters. The van der Waals surface area contributed by atoms with Gasteiger partial charge in [0.15, 0.2) is 0 Å². The Kier molecular flexibility index (Phi) is 7.11. The van der Waals surface area contributed by atoms with Crippen molar-refractivity contribution >= 4 is 11.8 Å². The Labute approximate surface area is 134 Å². The zero-order valence-corrected chi connectivity index (χ0v) is 14.7. The Morgan fingerprint density at radius 1 is 1.38 bits per heavy atom. The fraction of sp³-hybridized carbons (Fsp3) is 0.824. The molecule has 1 aliphatic rings. The lowest BCUT2D eigenvalue weighted by atomic mass is 10.0. The molecule has 0 bridgehead atoms. The number of likely N-dealkylation sites (N-methyl/N-ethyl adjacent to an activating group) is 1. The minimum Gasteiger partial charge on any atom is -0.316 e. The Morgan fingerprint density at radius 3 is 2.81 bits per heavy atom. The van der Waals surface area contributed by atoms with Crippen LogP contribution in [0.2, 0.25) is 0 Å². The highest BCUT2D eigenvalue weighted by atomic mass is 32.2. The van der Waals surface area contributed by atoms with Crippen LogP contribution in [0.3, 0.4) is 0 Å². The Morgan fingerprint density at radius 2 is 2.14 bits per heavy atom. The molecule has 0 aliphatic heterocycles. The summed E-state index contributed by atoms with van der Waals surface area (Å²) in [6.45, 7) is 4.44. The quantitative estimate of drug-likeness (QED) is 0.785. The molecule has 0 radical (unpaired) electrons. The smallest absolute Gasteiger partial charge is 0.0640 e. The van der Waals surface area contributed by atoms with Crippen LogP contribution in [0, 0.1) is 0 Å². The fourth-order valence-electron chi connectivity index (χ4n) is 2.90. The van der Waals surface area contributed by atoms with E-state index in [1.807, 2.05) is 0 Å². The Bertz CT molecular complexity index is 398. The van der Waals surface area contributed by atoms with Crippen molar-refractivity contribution < 1.29 is 0 Å². The van der Waals surface area contributed by atoms with Crippen molar-refractivity contribution in [3.05, 3.63) is 18.0 Å². The van der Waals surface area contributed by atoms with Crippen molar-refractivity contribution in [2.24, 2.45) is 0 Å². The highest BCUT2D eigenvalue weighted by Gasteiger charge is 2.17. The van der Waals surface area contributed by atoms with Gasteiger partial charge in [-0.25, -0.2) is 0 Å². The van der Waals surface area contributed by atoms with Crippen LogP contribution in [0.25, 0.3) is 0 Å². The zero-order valence-electron chi connectivity index (χ0n) is 13.8. The minimum atomic E-state index is 0.503. The lowest BCUT2D eigenvalue weighted by Crippen LogP contribution is -2.31. The Balaban J connectivity index is 1.79. The van der Waals surface area contributed by atoms with E-state index in [2.05, 4.69) is 54.9 Å². The predicted molar refractivity (Wildman–Crippen MR) is 93.1 cm³/mol. The van der Waals surface area contributed by atoms with Gasteiger partial charge >= 0.3 is 0 Å². The summed E-state index contributed by atoms with van der Waals surface area (Å²) in [5, 5.41) is 9.10. The highest BCUT2D eigenvalue weighted by molar-refractivity contribution is 7.99. The van der Waals surface area contributed by atoms with E-state index in [9.17, 15) is 0 Å². The molecule has 1 aromatic rings. The number of thioether (sulfide) groups is 1. The molecule has 21 heavy (non-hydrogen) atoms. The molecular weight excluding hydrogens is 278 g/mol. The first-order chi connectivity index (χ1) is 10.2. The van der Waals surface area contributed by atoms with Gasteiger partial charge in [0.25, 0.3) is 0 Å². The van der Waals surface area contributed by atoms with Gasteiger partial charge in [0.1, 0.15) is 0 Å². The maximum Gasteiger partial charge on any atom is 0.0640 e. The summed E-state index contributed by atoms with van der Waals surface area (Å²) in [5.74, 6) is 1.21. The maximum atomic E-state index is 4.73. The zero-order chi connectivity index (χ0) is 15.1. The van der Waals surface area contributed by atoms with Crippen LogP contribution < -0.4 is 5.32 Å². The van der Waals surface area contributed by atoms with Crippen LogP contribution in [0.5, 0.6) is 0 Å². The SMILES string of the molecule is CCC(C)n1ccc(CC(CSC2CCCCC2)NC)n1. The van der Waals surface area contributed by atoms with Gasteiger partial charge in [-0.05, 0) is 39.3 Å². The molecule has 2 rings (SSSR count).